The lowest BCUT2D eigenvalue weighted by Crippen LogP contribution is -2.45. The highest BCUT2D eigenvalue weighted by Crippen LogP contribution is 2.22. The number of hydrogen-bond acceptors (Lipinski definition) is 8. The number of thiazole rings is 1. The molecule has 0 aliphatic carbocycles. The topological polar surface area (TPSA) is 103 Å². The lowest BCUT2D eigenvalue weighted by atomic mass is 10.1. The maximum absolute atomic E-state index is 13.0. The van der Waals surface area contributed by atoms with Crippen LogP contribution in [0.2, 0.25) is 0 Å². The van der Waals surface area contributed by atoms with Crippen LogP contribution < -0.4 is 4.74 Å². The van der Waals surface area contributed by atoms with E-state index in [9.17, 15) is 22.4 Å². The van der Waals surface area contributed by atoms with E-state index in [4.69, 9.17) is 9.47 Å². The van der Waals surface area contributed by atoms with Gasteiger partial charge >= 0.3 is 5.97 Å². The van der Waals surface area contributed by atoms with E-state index < -0.39 is 34.4 Å². The largest absolute Gasteiger partial charge is 0.486 e. The van der Waals surface area contributed by atoms with E-state index in [-0.39, 0.29) is 34.7 Å². The first-order valence-corrected chi connectivity index (χ1v) is 13.2. The highest BCUT2D eigenvalue weighted by atomic mass is 32.2. The van der Waals surface area contributed by atoms with E-state index in [2.05, 4.69) is 4.98 Å². The summed E-state index contributed by atoms with van der Waals surface area (Å²) in [6.45, 7) is 5.55. The highest BCUT2D eigenvalue weighted by molar-refractivity contribution is 7.91. The molecule has 1 amide bonds. The Balaban J connectivity index is 1.58. The first-order valence-electron chi connectivity index (χ1n) is 10.6. The van der Waals surface area contributed by atoms with Gasteiger partial charge in [-0.2, -0.15) is 0 Å². The minimum absolute atomic E-state index is 0.0577. The number of amides is 1. The summed E-state index contributed by atoms with van der Waals surface area (Å²) >= 11 is 1.10. The Morgan fingerprint density at radius 1 is 1.27 bits per heavy atom. The van der Waals surface area contributed by atoms with Crippen molar-refractivity contribution in [3.63, 3.8) is 0 Å². The van der Waals surface area contributed by atoms with Gasteiger partial charge in [-0.3, -0.25) is 4.79 Å². The minimum atomic E-state index is -3.15. The fraction of sp³-hybridized carbons (Fsp3) is 0.500. The number of sulfone groups is 1. The summed E-state index contributed by atoms with van der Waals surface area (Å²) in [6.07, 6.45) is 0.389. The first kappa shape index (κ1) is 25.1. The van der Waals surface area contributed by atoms with Crippen molar-refractivity contribution in [2.75, 3.05) is 24.7 Å². The van der Waals surface area contributed by atoms with Gasteiger partial charge in [-0.05, 0) is 43.5 Å². The molecule has 0 spiro atoms. The molecule has 180 valence electrons. The Bertz CT molecular complexity index is 1100. The van der Waals surface area contributed by atoms with Gasteiger partial charge < -0.3 is 14.4 Å². The number of hydrogen-bond donors (Lipinski definition) is 0. The van der Waals surface area contributed by atoms with Gasteiger partial charge in [0, 0.05) is 12.6 Å². The molecule has 2 heterocycles. The smallest absolute Gasteiger partial charge is 0.350 e. The summed E-state index contributed by atoms with van der Waals surface area (Å²) in [5.41, 5.74) is 0.455. The number of halogens is 1. The predicted molar refractivity (Wildman–Crippen MR) is 121 cm³/mol. The van der Waals surface area contributed by atoms with Crippen LogP contribution in [0.25, 0.3) is 0 Å². The second-order valence-corrected chi connectivity index (χ2v) is 11.7. The van der Waals surface area contributed by atoms with Crippen LogP contribution in [0.4, 0.5) is 4.39 Å². The molecule has 2 aromatic rings. The van der Waals surface area contributed by atoms with E-state index >= 15 is 0 Å². The van der Waals surface area contributed by atoms with Crippen molar-refractivity contribution in [1.82, 2.24) is 9.88 Å². The average Bonchev–Trinajstić information content (AvgIpc) is 3.31. The van der Waals surface area contributed by atoms with Gasteiger partial charge in [0.15, 0.2) is 16.4 Å². The van der Waals surface area contributed by atoms with Crippen LogP contribution in [-0.2, 0) is 26.0 Å². The molecule has 0 N–H and O–H groups in total. The third-order valence-electron chi connectivity index (χ3n) is 5.06. The minimum Gasteiger partial charge on any atom is -0.486 e. The van der Waals surface area contributed by atoms with Gasteiger partial charge in [-0.15, -0.1) is 11.3 Å². The summed E-state index contributed by atoms with van der Waals surface area (Å²) in [4.78, 5) is 31.4. The Morgan fingerprint density at radius 2 is 1.97 bits per heavy atom. The standard InChI is InChI=1S/C22H27FN2O6S2/c1-14(2)10-25(17-8-9-33(28,29)13-17)20(26)12-31-22(27)21-15(3)24-19(32-21)11-30-18-6-4-16(23)5-7-18/h4-7,14,17H,8-13H2,1-3H3. The van der Waals surface area contributed by atoms with Gasteiger partial charge in [-0.25, -0.2) is 22.6 Å². The lowest BCUT2D eigenvalue weighted by molar-refractivity contribution is -0.137. The molecule has 1 fully saturated rings. The van der Waals surface area contributed by atoms with E-state index in [1.165, 1.54) is 29.2 Å². The zero-order valence-electron chi connectivity index (χ0n) is 18.7. The molecule has 3 rings (SSSR count). The normalized spacial score (nSPS) is 17.2. The van der Waals surface area contributed by atoms with Crippen LogP contribution in [0.5, 0.6) is 5.75 Å². The molecule has 1 aromatic heterocycles. The molecule has 33 heavy (non-hydrogen) atoms. The van der Waals surface area contributed by atoms with E-state index in [0.717, 1.165) is 11.3 Å². The fourth-order valence-electron chi connectivity index (χ4n) is 3.52. The molecule has 0 radical (unpaired) electrons. The highest BCUT2D eigenvalue weighted by Gasteiger charge is 2.35. The van der Waals surface area contributed by atoms with Crippen LogP contribution in [0.15, 0.2) is 24.3 Å². The van der Waals surface area contributed by atoms with Crippen molar-refractivity contribution in [1.29, 1.82) is 0 Å². The number of ether oxygens (including phenoxy) is 2. The van der Waals surface area contributed by atoms with Crippen molar-refractivity contribution >= 4 is 33.1 Å². The number of carbonyl (C=O) groups is 2. The summed E-state index contributed by atoms with van der Waals surface area (Å²) in [7, 11) is -3.15. The molecule has 1 aromatic carbocycles. The number of nitrogens with zero attached hydrogens (tertiary/aromatic N) is 2. The number of aryl methyl sites for hydroxylation is 1. The van der Waals surface area contributed by atoms with Crippen molar-refractivity contribution in [2.45, 2.75) is 39.8 Å². The van der Waals surface area contributed by atoms with Crippen molar-refractivity contribution < 1.29 is 31.9 Å². The van der Waals surface area contributed by atoms with Gasteiger partial charge in [0.2, 0.25) is 0 Å². The first-order chi connectivity index (χ1) is 15.5. The summed E-state index contributed by atoms with van der Waals surface area (Å²) in [6, 6.07) is 5.16. The molecule has 0 bridgehead atoms. The van der Waals surface area contributed by atoms with Crippen LogP contribution in [0.3, 0.4) is 0 Å². The molecule has 1 unspecified atom stereocenters. The Morgan fingerprint density at radius 3 is 2.58 bits per heavy atom. The fourth-order valence-corrected chi connectivity index (χ4v) is 6.13. The molecule has 11 heteroatoms. The van der Waals surface area contributed by atoms with E-state index in [1.54, 1.807) is 6.92 Å². The Kier molecular flexibility index (Phi) is 8.06. The number of esters is 1. The summed E-state index contributed by atoms with van der Waals surface area (Å²) in [5, 5.41) is 0.535. The number of benzene rings is 1. The molecular weight excluding hydrogens is 471 g/mol. The maximum Gasteiger partial charge on any atom is 0.350 e. The Labute approximate surface area is 196 Å². The quantitative estimate of drug-likeness (QED) is 0.490. The monoisotopic (exact) mass is 498 g/mol. The predicted octanol–water partition coefficient (Wildman–Crippen LogP) is 3.00. The molecule has 1 aliphatic heterocycles. The van der Waals surface area contributed by atoms with E-state index in [0.29, 0.717) is 29.4 Å². The molecule has 1 aliphatic rings. The number of aromatic nitrogens is 1. The Hall–Kier alpha value is -2.53. The van der Waals surface area contributed by atoms with E-state index in [1.807, 2.05) is 13.8 Å². The van der Waals surface area contributed by atoms with Crippen LogP contribution in [0, 0.1) is 18.7 Å². The molecule has 1 atom stereocenters. The van der Waals surface area contributed by atoms with Gasteiger partial charge in [-0.1, -0.05) is 13.8 Å². The summed E-state index contributed by atoms with van der Waals surface area (Å²) in [5.74, 6) is -0.851. The lowest BCUT2D eigenvalue weighted by Gasteiger charge is -2.29. The zero-order valence-corrected chi connectivity index (χ0v) is 20.4. The van der Waals surface area contributed by atoms with Crippen LogP contribution in [-0.4, -0.2) is 60.9 Å². The van der Waals surface area contributed by atoms with Crippen molar-refractivity contribution in [3.05, 3.63) is 45.7 Å². The zero-order chi connectivity index (χ0) is 24.2. The van der Waals surface area contributed by atoms with Crippen LogP contribution >= 0.6 is 11.3 Å². The molecule has 1 saturated heterocycles. The second-order valence-electron chi connectivity index (χ2n) is 8.34. The van der Waals surface area contributed by atoms with Gasteiger partial charge in [0.25, 0.3) is 5.91 Å². The second kappa shape index (κ2) is 10.6. The molecule has 8 nitrogen and oxygen atoms in total. The molecule has 0 saturated carbocycles. The maximum atomic E-state index is 13.0. The molecular formula is C22H27FN2O6S2. The van der Waals surface area contributed by atoms with Crippen molar-refractivity contribution in [3.8, 4) is 5.75 Å². The average molecular weight is 499 g/mol. The number of carbonyl (C=O) groups excluding carboxylic acids is 2. The summed E-state index contributed by atoms with van der Waals surface area (Å²) < 4.78 is 47.5. The van der Waals surface area contributed by atoms with Crippen LogP contribution in [0.1, 0.15) is 40.6 Å². The number of rotatable bonds is 9. The van der Waals surface area contributed by atoms with Crippen molar-refractivity contribution in [2.24, 2.45) is 5.92 Å². The third-order valence-corrected chi connectivity index (χ3v) is 7.92. The van der Waals surface area contributed by atoms with Gasteiger partial charge in [0.05, 0.1) is 17.2 Å². The third kappa shape index (κ3) is 6.97. The SMILES string of the molecule is Cc1nc(COc2ccc(F)cc2)sc1C(=O)OCC(=O)N(CC(C)C)C1CCS(=O)(=O)C1. The van der Waals surface area contributed by atoms with Gasteiger partial charge in [0.1, 0.15) is 28.1 Å².